The number of aliphatic hydroxyl groups excluding tert-OH is 1. The van der Waals surface area contributed by atoms with Crippen molar-refractivity contribution in [2.45, 2.75) is 39.4 Å². The molecule has 0 aromatic carbocycles. The van der Waals surface area contributed by atoms with E-state index in [9.17, 15) is 5.11 Å². The molecular weight excluding hydrogens is 256 g/mol. The van der Waals surface area contributed by atoms with Crippen molar-refractivity contribution in [2.24, 2.45) is 0 Å². The predicted octanol–water partition coefficient (Wildman–Crippen LogP) is 1.19. The van der Waals surface area contributed by atoms with Crippen molar-refractivity contribution in [1.29, 1.82) is 0 Å². The molecule has 0 bridgehead atoms. The van der Waals surface area contributed by atoms with Crippen LogP contribution in [0.1, 0.15) is 26.5 Å². The van der Waals surface area contributed by atoms with Crippen LogP contribution in [0, 0.1) is 6.92 Å². The Bertz CT molecular complexity index is 464. The molecule has 0 spiro atoms. The van der Waals surface area contributed by atoms with Crippen LogP contribution in [0.15, 0.2) is 6.07 Å². The van der Waals surface area contributed by atoms with Crippen LogP contribution < -0.4 is 10.2 Å². The summed E-state index contributed by atoms with van der Waals surface area (Å²) in [6, 6.07) is 1.97. The number of ether oxygens (including phenoxy) is 1. The zero-order valence-corrected chi connectivity index (χ0v) is 12.7. The number of hydrogen-bond donors (Lipinski definition) is 2. The first kappa shape index (κ1) is 15.0. The summed E-state index contributed by atoms with van der Waals surface area (Å²) in [6.45, 7) is 10.2. The van der Waals surface area contributed by atoms with Gasteiger partial charge in [-0.25, -0.2) is 4.98 Å². The largest absolute Gasteiger partial charge is 0.394 e. The number of nitrogens with zero attached hydrogens (tertiary/aromatic N) is 3. The van der Waals surface area contributed by atoms with Gasteiger partial charge >= 0.3 is 0 Å². The Kier molecular flexibility index (Phi) is 4.45. The van der Waals surface area contributed by atoms with Gasteiger partial charge in [0.1, 0.15) is 5.82 Å². The number of nitrogens with one attached hydrogen (secondary N) is 1. The summed E-state index contributed by atoms with van der Waals surface area (Å²) in [6.07, 6.45) is -0.184. The maximum absolute atomic E-state index is 9.38. The molecule has 1 aromatic rings. The van der Waals surface area contributed by atoms with Gasteiger partial charge in [-0.05, 0) is 27.7 Å². The molecule has 0 amide bonds. The van der Waals surface area contributed by atoms with E-state index in [1.54, 1.807) is 0 Å². The molecule has 0 aliphatic carbocycles. The summed E-state index contributed by atoms with van der Waals surface area (Å²) in [5.74, 6) is 1.52. The molecule has 112 valence electrons. The highest BCUT2D eigenvalue weighted by molar-refractivity contribution is 5.45. The maximum Gasteiger partial charge on any atom is 0.224 e. The smallest absolute Gasteiger partial charge is 0.224 e. The van der Waals surface area contributed by atoms with Gasteiger partial charge in [0, 0.05) is 31.4 Å². The average Bonchev–Trinajstić information content (AvgIpc) is 2.36. The number of anilines is 2. The molecule has 20 heavy (non-hydrogen) atoms. The molecule has 2 heterocycles. The van der Waals surface area contributed by atoms with Crippen molar-refractivity contribution < 1.29 is 9.84 Å². The van der Waals surface area contributed by atoms with Crippen LogP contribution in [0.5, 0.6) is 0 Å². The summed E-state index contributed by atoms with van der Waals surface area (Å²) in [7, 11) is 0. The molecule has 1 aromatic heterocycles. The fourth-order valence-corrected chi connectivity index (χ4v) is 2.52. The van der Waals surface area contributed by atoms with Crippen LogP contribution in [-0.4, -0.2) is 53.0 Å². The van der Waals surface area contributed by atoms with E-state index < -0.39 is 0 Å². The number of aromatic nitrogens is 2. The van der Waals surface area contributed by atoms with Crippen molar-refractivity contribution in [2.75, 3.05) is 36.5 Å². The molecule has 1 unspecified atom stereocenters. The third kappa shape index (κ3) is 3.58. The molecule has 0 radical (unpaired) electrons. The van der Waals surface area contributed by atoms with Crippen molar-refractivity contribution in [3.8, 4) is 0 Å². The summed E-state index contributed by atoms with van der Waals surface area (Å²) < 4.78 is 5.83. The normalized spacial score (nSPS) is 21.9. The van der Waals surface area contributed by atoms with Crippen LogP contribution in [-0.2, 0) is 4.74 Å². The Morgan fingerprint density at radius 1 is 1.50 bits per heavy atom. The number of morpholine rings is 1. The molecule has 1 saturated heterocycles. The fourth-order valence-electron chi connectivity index (χ4n) is 2.52. The first-order valence-corrected chi connectivity index (χ1v) is 7.06. The second-order valence-corrected chi connectivity index (χ2v) is 5.78. The van der Waals surface area contributed by atoms with Gasteiger partial charge in [-0.15, -0.1) is 0 Å². The number of aliphatic hydroxyl groups is 1. The second-order valence-electron chi connectivity index (χ2n) is 5.78. The first-order valence-electron chi connectivity index (χ1n) is 7.06. The van der Waals surface area contributed by atoms with Crippen LogP contribution in [0.25, 0.3) is 0 Å². The molecule has 2 rings (SSSR count). The van der Waals surface area contributed by atoms with Gasteiger partial charge in [0.15, 0.2) is 0 Å². The zero-order valence-electron chi connectivity index (χ0n) is 12.7. The van der Waals surface area contributed by atoms with Crippen molar-refractivity contribution in [3.05, 3.63) is 11.8 Å². The second kappa shape index (κ2) is 5.93. The van der Waals surface area contributed by atoms with E-state index in [1.165, 1.54) is 0 Å². The highest BCUT2D eigenvalue weighted by Gasteiger charge is 2.33. The first-order chi connectivity index (χ1) is 9.43. The molecule has 2 N–H and O–H groups in total. The quantitative estimate of drug-likeness (QED) is 0.863. The molecule has 6 heteroatoms. The van der Waals surface area contributed by atoms with Gasteiger partial charge in [0.2, 0.25) is 5.95 Å². The van der Waals surface area contributed by atoms with Gasteiger partial charge in [0.05, 0.1) is 18.3 Å². The molecular formula is C14H24N4O2. The molecule has 1 aliphatic rings. The van der Waals surface area contributed by atoms with E-state index in [4.69, 9.17) is 4.74 Å². The van der Waals surface area contributed by atoms with Gasteiger partial charge in [-0.1, -0.05) is 0 Å². The number of hydrogen-bond acceptors (Lipinski definition) is 6. The topological polar surface area (TPSA) is 70.5 Å². The summed E-state index contributed by atoms with van der Waals surface area (Å²) >= 11 is 0. The molecule has 1 fully saturated rings. The van der Waals surface area contributed by atoms with Gasteiger partial charge in [0.25, 0.3) is 0 Å². The summed E-state index contributed by atoms with van der Waals surface area (Å²) in [5, 5.41) is 12.5. The van der Waals surface area contributed by atoms with E-state index in [0.29, 0.717) is 12.5 Å². The number of rotatable bonds is 4. The molecule has 6 nitrogen and oxygen atoms in total. The Labute approximate surface area is 120 Å². The van der Waals surface area contributed by atoms with Crippen molar-refractivity contribution >= 4 is 11.8 Å². The Morgan fingerprint density at radius 2 is 2.25 bits per heavy atom. The Balaban J connectivity index is 2.25. The maximum atomic E-state index is 9.38. The fraction of sp³-hybridized carbons (Fsp3) is 0.714. The zero-order chi connectivity index (χ0) is 14.8. The Hall–Kier alpha value is -1.40. The van der Waals surface area contributed by atoms with Crippen LogP contribution in [0.2, 0.25) is 0 Å². The SMILES string of the molecule is CCNc1nc(C)cc(N2CC(CO)OC(C)(C)C2)n1. The third-order valence-electron chi connectivity index (χ3n) is 3.18. The third-order valence-corrected chi connectivity index (χ3v) is 3.18. The van der Waals surface area contributed by atoms with E-state index >= 15 is 0 Å². The lowest BCUT2D eigenvalue weighted by atomic mass is 10.1. The van der Waals surface area contributed by atoms with Crippen LogP contribution in [0.3, 0.4) is 0 Å². The van der Waals surface area contributed by atoms with Gasteiger partial charge in [-0.3, -0.25) is 0 Å². The minimum Gasteiger partial charge on any atom is -0.394 e. The summed E-state index contributed by atoms with van der Waals surface area (Å²) in [5.41, 5.74) is 0.624. The lowest BCUT2D eigenvalue weighted by Gasteiger charge is -2.42. The minimum atomic E-state index is -0.303. The molecule has 0 saturated carbocycles. The Morgan fingerprint density at radius 3 is 2.90 bits per heavy atom. The van der Waals surface area contributed by atoms with Gasteiger partial charge in [-0.2, -0.15) is 4.98 Å². The van der Waals surface area contributed by atoms with E-state index in [-0.39, 0.29) is 18.3 Å². The van der Waals surface area contributed by atoms with E-state index in [0.717, 1.165) is 24.6 Å². The number of aryl methyl sites for hydroxylation is 1. The van der Waals surface area contributed by atoms with E-state index in [1.807, 2.05) is 33.8 Å². The lowest BCUT2D eigenvalue weighted by molar-refractivity contribution is -0.101. The minimum absolute atomic E-state index is 0.0179. The average molecular weight is 280 g/mol. The highest BCUT2D eigenvalue weighted by atomic mass is 16.5. The van der Waals surface area contributed by atoms with E-state index in [2.05, 4.69) is 20.2 Å². The molecule has 1 aliphatic heterocycles. The monoisotopic (exact) mass is 280 g/mol. The lowest BCUT2D eigenvalue weighted by Crippen LogP contribution is -2.54. The summed E-state index contributed by atoms with van der Waals surface area (Å²) in [4.78, 5) is 11.1. The van der Waals surface area contributed by atoms with Crippen LogP contribution in [0.4, 0.5) is 11.8 Å². The van der Waals surface area contributed by atoms with Crippen molar-refractivity contribution in [1.82, 2.24) is 9.97 Å². The van der Waals surface area contributed by atoms with Crippen molar-refractivity contribution in [3.63, 3.8) is 0 Å². The molecule has 1 atom stereocenters. The highest BCUT2D eigenvalue weighted by Crippen LogP contribution is 2.25. The van der Waals surface area contributed by atoms with Crippen LogP contribution >= 0.6 is 0 Å². The predicted molar refractivity (Wildman–Crippen MR) is 79.2 cm³/mol. The van der Waals surface area contributed by atoms with Gasteiger partial charge < -0.3 is 20.1 Å². The standard InChI is InChI=1S/C14H24N4O2/c1-5-15-13-16-10(2)6-12(17-13)18-7-11(8-19)20-14(3,4)9-18/h6,11,19H,5,7-9H2,1-4H3,(H,15,16,17).